The molecule has 0 bridgehead atoms. The van der Waals surface area contributed by atoms with Crippen molar-refractivity contribution in [2.75, 3.05) is 0 Å². The van der Waals surface area contributed by atoms with Gasteiger partial charge in [-0.25, -0.2) is 4.68 Å². The Kier molecular flexibility index (Phi) is 5.59. The maximum absolute atomic E-state index is 12.2. The zero-order valence-corrected chi connectivity index (χ0v) is 14.0. The van der Waals surface area contributed by atoms with Crippen LogP contribution in [0.5, 0.6) is 0 Å². The van der Waals surface area contributed by atoms with Crippen molar-refractivity contribution in [2.24, 2.45) is 5.11 Å². The molecule has 3 aromatic rings. The summed E-state index contributed by atoms with van der Waals surface area (Å²) in [5.74, 6) is -0.259. The Balaban J connectivity index is 1.57. The maximum Gasteiger partial charge on any atom is 0.273 e. The lowest BCUT2D eigenvalue weighted by Gasteiger charge is -2.03. The predicted octanol–water partition coefficient (Wildman–Crippen LogP) is 3.07. The van der Waals surface area contributed by atoms with Crippen LogP contribution >= 0.6 is 0 Å². The van der Waals surface area contributed by atoms with Crippen LogP contribution in [-0.2, 0) is 19.6 Å². The van der Waals surface area contributed by atoms with Crippen LogP contribution in [0.15, 0.2) is 65.9 Å². The minimum absolute atomic E-state index is 0.259. The molecule has 0 unspecified atom stereocenters. The molecule has 1 N–H and O–H groups in total. The van der Waals surface area contributed by atoms with Crippen molar-refractivity contribution in [1.82, 2.24) is 20.3 Å². The van der Waals surface area contributed by atoms with Gasteiger partial charge in [0.2, 0.25) is 0 Å². The molecule has 26 heavy (non-hydrogen) atoms. The summed E-state index contributed by atoms with van der Waals surface area (Å²) in [4.78, 5) is 14.9. The smallest absolute Gasteiger partial charge is 0.273 e. The number of amides is 1. The predicted molar refractivity (Wildman–Crippen MR) is 96.0 cm³/mol. The van der Waals surface area contributed by atoms with Gasteiger partial charge in [-0.05, 0) is 22.2 Å². The fraction of sp³-hybridized carbons (Fsp3) is 0.167. The summed E-state index contributed by atoms with van der Waals surface area (Å²) < 4.78 is 1.61. The van der Waals surface area contributed by atoms with E-state index in [1.165, 1.54) is 0 Å². The Hall–Kier alpha value is -3.64. The number of carbonyl (C=O) groups is 1. The standard InChI is InChI=1S/C18H17N7O/c19-23-21-11-15-6-8-16(9-7-15)12-25-13-17(22-24-25)18(26)20-10-14-4-2-1-3-5-14/h1-9,13H,10-12H2,(H,20,26). The van der Waals surface area contributed by atoms with E-state index >= 15 is 0 Å². The number of aromatic nitrogens is 3. The second-order valence-corrected chi connectivity index (χ2v) is 5.68. The molecule has 0 fully saturated rings. The van der Waals surface area contributed by atoms with Gasteiger partial charge in [0, 0.05) is 11.5 Å². The Morgan fingerprint density at radius 3 is 2.54 bits per heavy atom. The summed E-state index contributed by atoms with van der Waals surface area (Å²) >= 11 is 0. The van der Waals surface area contributed by atoms with Gasteiger partial charge >= 0.3 is 0 Å². The van der Waals surface area contributed by atoms with Gasteiger partial charge in [0.25, 0.3) is 5.91 Å². The fourth-order valence-electron chi connectivity index (χ4n) is 2.40. The van der Waals surface area contributed by atoms with Crippen LogP contribution in [0, 0.1) is 0 Å². The average molecular weight is 347 g/mol. The summed E-state index contributed by atoms with van der Waals surface area (Å²) in [5, 5.41) is 14.3. The van der Waals surface area contributed by atoms with Crippen LogP contribution in [0.4, 0.5) is 0 Å². The number of hydrogen-bond acceptors (Lipinski definition) is 4. The number of nitrogens with zero attached hydrogens (tertiary/aromatic N) is 6. The zero-order chi connectivity index (χ0) is 18.2. The lowest BCUT2D eigenvalue weighted by Crippen LogP contribution is -2.23. The number of azide groups is 1. The molecular formula is C18H17N7O. The van der Waals surface area contributed by atoms with E-state index in [9.17, 15) is 4.79 Å². The van der Waals surface area contributed by atoms with E-state index in [-0.39, 0.29) is 11.6 Å². The van der Waals surface area contributed by atoms with Crippen LogP contribution in [0.3, 0.4) is 0 Å². The topological polar surface area (TPSA) is 109 Å². The molecule has 0 saturated heterocycles. The van der Waals surface area contributed by atoms with Gasteiger partial charge in [-0.3, -0.25) is 4.79 Å². The molecule has 3 rings (SSSR count). The highest BCUT2D eigenvalue weighted by atomic mass is 16.2. The third-order valence-electron chi connectivity index (χ3n) is 3.75. The van der Waals surface area contributed by atoms with Crippen LogP contribution in [0.2, 0.25) is 0 Å². The van der Waals surface area contributed by atoms with Crippen LogP contribution in [0.1, 0.15) is 27.2 Å². The Morgan fingerprint density at radius 2 is 1.81 bits per heavy atom. The number of nitrogens with one attached hydrogen (secondary N) is 1. The summed E-state index contributed by atoms with van der Waals surface area (Å²) in [6.07, 6.45) is 1.62. The molecule has 0 saturated carbocycles. The molecule has 1 aromatic heterocycles. The van der Waals surface area contributed by atoms with E-state index in [0.717, 1.165) is 16.7 Å². The molecule has 0 aliphatic carbocycles. The third kappa shape index (κ3) is 4.68. The quantitative estimate of drug-likeness (QED) is 0.403. The molecule has 0 aliphatic heterocycles. The fourth-order valence-corrected chi connectivity index (χ4v) is 2.40. The Bertz CT molecular complexity index is 912. The second kappa shape index (κ2) is 8.46. The highest BCUT2D eigenvalue weighted by molar-refractivity contribution is 5.91. The lowest BCUT2D eigenvalue weighted by atomic mass is 10.1. The molecule has 0 radical (unpaired) electrons. The minimum Gasteiger partial charge on any atom is -0.347 e. The van der Waals surface area contributed by atoms with E-state index in [2.05, 4.69) is 25.7 Å². The van der Waals surface area contributed by atoms with Gasteiger partial charge in [0.15, 0.2) is 5.69 Å². The third-order valence-corrected chi connectivity index (χ3v) is 3.75. The first-order chi connectivity index (χ1) is 12.7. The summed E-state index contributed by atoms with van der Waals surface area (Å²) in [7, 11) is 0. The van der Waals surface area contributed by atoms with Crippen molar-refractivity contribution in [3.63, 3.8) is 0 Å². The van der Waals surface area contributed by atoms with Gasteiger partial charge in [-0.15, -0.1) is 5.10 Å². The van der Waals surface area contributed by atoms with Gasteiger partial charge in [0.1, 0.15) is 0 Å². The molecule has 0 atom stereocenters. The highest BCUT2D eigenvalue weighted by Crippen LogP contribution is 2.08. The molecular weight excluding hydrogens is 330 g/mol. The van der Waals surface area contributed by atoms with Crippen molar-refractivity contribution >= 4 is 5.91 Å². The second-order valence-electron chi connectivity index (χ2n) is 5.68. The lowest BCUT2D eigenvalue weighted by molar-refractivity contribution is 0.0946. The molecule has 1 amide bonds. The largest absolute Gasteiger partial charge is 0.347 e. The SMILES string of the molecule is [N-]=[N+]=NCc1ccc(Cn2cc(C(=O)NCc3ccccc3)nn2)cc1. The number of hydrogen-bond donors (Lipinski definition) is 1. The first kappa shape index (κ1) is 17.2. The Labute approximate surface area is 150 Å². The van der Waals surface area contributed by atoms with Crippen LogP contribution < -0.4 is 5.32 Å². The monoisotopic (exact) mass is 347 g/mol. The van der Waals surface area contributed by atoms with Crippen molar-refractivity contribution < 1.29 is 4.79 Å². The van der Waals surface area contributed by atoms with Crippen molar-refractivity contribution in [1.29, 1.82) is 0 Å². The molecule has 2 aromatic carbocycles. The molecule has 8 nitrogen and oxygen atoms in total. The van der Waals surface area contributed by atoms with Gasteiger partial charge in [-0.1, -0.05) is 64.9 Å². The van der Waals surface area contributed by atoms with E-state index in [0.29, 0.717) is 19.6 Å². The zero-order valence-electron chi connectivity index (χ0n) is 14.0. The first-order valence-electron chi connectivity index (χ1n) is 8.05. The summed E-state index contributed by atoms with van der Waals surface area (Å²) in [5.41, 5.74) is 11.6. The van der Waals surface area contributed by atoms with Gasteiger partial charge in [-0.2, -0.15) is 0 Å². The average Bonchev–Trinajstić information content (AvgIpc) is 3.15. The molecule has 130 valence electrons. The number of benzene rings is 2. The molecule has 1 heterocycles. The normalized spacial score (nSPS) is 10.2. The summed E-state index contributed by atoms with van der Waals surface area (Å²) in [6, 6.07) is 17.3. The number of rotatable bonds is 7. The van der Waals surface area contributed by atoms with Crippen molar-refractivity contribution in [2.45, 2.75) is 19.6 Å². The number of carbonyl (C=O) groups excluding carboxylic acids is 1. The highest BCUT2D eigenvalue weighted by Gasteiger charge is 2.10. The van der Waals surface area contributed by atoms with Gasteiger partial charge < -0.3 is 5.32 Å². The maximum atomic E-state index is 12.2. The minimum atomic E-state index is -0.259. The Morgan fingerprint density at radius 1 is 1.08 bits per heavy atom. The molecule has 0 spiro atoms. The van der Waals surface area contributed by atoms with Crippen molar-refractivity contribution in [3.05, 3.63) is 93.6 Å². The van der Waals surface area contributed by atoms with Crippen molar-refractivity contribution in [3.8, 4) is 0 Å². The summed E-state index contributed by atoms with van der Waals surface area (Å²) in [6.45, 7) is 1.27. The van der Waals surface area contributed by atoms with Crippen LogP contribution in [-0.4, -0.2) is 20.9 Å². The van der Waals surface area contributed by atoms with E-state index < -0.39 is 0 Å². The van der Waals surface area contributed by atoms with E-state index in [1.807, 2.05) is 54.6 Å². The molecule has 0 aliphatic rings. The van der Waals surface area contributed by atoms with E-state index in [1.54, 1.807) is 10.9 Å². The van der Waals surface area contributed by atoms with Crippen LogP contribution in [0.25, 0.3) is 10.4 Å². The first-order valence-corrected chi connectivity index (χ1v) is 8.05. The molecule has 8 heteroatoms. The van der Waals surface area contributed by atoms with E-state index in [4.69, 9.17) is 5.53 Å². The van der Waals surface area contributed by atoms with Gasteiger partial charge in [0.05, 0.1) is 19.3 Å².